The quantitative estimate of drug-likeness (QED) is 0.874. The zero-order chi connectivity index (χ0) is 13.0. The van der Waals surface area contributed by atoms with E-state index in [1.807, 2.05) is 19.1 Å². The van der Waals surface area contributed by atoms with Crippen molar-refractivity contribution in [3.63, 3.8) is 0 Å². The standard InChI is InChI=1S/C12H17N5O/c1-4-17(5-2)12-7-10(13-8-14-12)15-11-6-9(3)18-16-11/h6-8H,4-5H2,1-3H3,(H,13,14,15,16). The Morgan fingerprint density at radius 3 is 2.56 bits per heavy atom. The van der Waals surface area contributed by atoms with Crippen LogP contribution in [-0.4, -0.2) is 28.2 Å². The molecule has 96 valence electrons. The Labute approximate surface area is 106 Å². The molecular weight excluding hydrogens is 230 g/mol. The normalized spacial score (nSPS) is 10.4. The number of aromatic nitrogens is 3. The van der Waals surface area contributed by atoms with Crippen molar-refractivity contribution in [2.75, 3.05) is 23.3 Å². The molecule has 2 heterocycles. The minimum atomic E-state index is 0.650. The number of rotatable bonds is 5. The third-order valence-corrected chi connectivity index (χ3v) is 2.62. The van der Waals surface area contributed by atoms with E-state index in [0.29, 0.717) is 11.6 Å². The number of aryl methyl sites for hydroxylation is 1. The van der Waals surface area contributed by atoms with E-state index < -0.39 is 0 Å². The van der Waals surface area contributed by atoms with Crippen LogP contribution in [0.25, 0.3) is 0 Å². The van der Waals surface area contributed by atoms with E-state index in [2.05, 4.69) is 39.2 Å². The van der Waals surface area contributed by atoms with Gasteiger partial charge in [0.25, 0.3) is 0 Å². The lowest BCUT2D eigenvalue weighted by Gasteiger charge is -2.19. The topological polar surface area (TPSA) is 67.1 Å². The Bertz CT molecular complexity index is 507. The molecule has 2 aromatic rings. The maximum absolute atomic E-state index is 4.99. The summed E-state index contributed by atoms with van der Waals surface area (Å²) in [5.74, 6) is 3.02. The average Bonchev–Trinajstić information content (AvgIpc) is 2.77. The van der Waals surface area contributed by atoms with E-state index in [9.17, 15) is 0 Å². The molecule has 6 heteroatoms. The van der Waals surface area contributed by atoms with Crippen LogP contribution in [0.5, 0.6) is 0 Å². The Morgan fingerprint density at radius 2 is 1.94 bits per heavy atom. The third-order valence-electron chi connectivity index (χ3n) is 2.62. The molecule has 0 unspecified atom stereocenters. The van der Waals surface area contributed by atoms with E-state index in [1.165, 1.54) is 0 Å². The Kier molecular flexibility index (Phi) is 3.76. The van der Waals surface area contributed by atoms with Gasteiger partial charge in [-0.3, -0.25) is 0 Å². The van der Waals surface area contributed by atoms with Gasteiger partial charge in [-0.15, -0.1) is 0 Å². The van der Waals surface area contributed by atoms with Crippen molar-refractivity contribution in [1.82, 2.24) is 15.1 Å². The molecular formula is C12H17N5O. The van der Waals surface area contributed by atoms with Gasteiger partial charge in [-0.05, 0) is 20.8 Å². The lowest BCUT2D eigenvalue weighted by molar-refractivity contribution is 0.400. The molecule has 18 heavy (non-hydrogen) atoms. The summed E-state index contributed by atoms with van der Waals surface area (Å²) in [6.45, 7) is 7.87. The van der Waals surface area contributed by atoms with Gasteiger partial charge in [0.15, 0.2) is 5.82 Å². The van der Waals surface area contributed by atoms with Crippen LogP contribution < -0.4 is 10.2 Å². The Morgan fingerprint density at radius 1 is 1.17 bits per heavy atom. The summed E-state index contributed by atoms with van der Waals surface area (Å²) in [6.07, 6.45) is 1.54. The van der Waals surface area contributed by atoms with E-state index in [1.54, 1.807) is 6.33 Å². The first-order valence-electron chi connectivity index (χ1n) is 6.00. The number of anilines is 3. The molecule has 2 aromatic heterocycles. The Hall–Kier alpha value is -2.11. The molecule has 0 spiro atoms. The highest BCUT2D eigenvalue weighted by atomic mass is 16.5. The van der Waals surface area contributed by atoms with Crippen molar-refractivity contribution in [2.45, 2.75) is 20.8 Å². The van der Waals surface area contributed by atoms with Gasteiger partial charge < -0.3 is 14.7 Å². The van der Waals surface area contributed by atoms with Gasteiger partial charge in [-0.1, -0.05) is 5.16 Å². The highest BCUT2D eigenvalue weighted by Crippen LogP contribution is 2.17. The molecule has 0 aliphatic rings. The van der Waals surface area contributed by atoms with E-state index in [0.717, 1.165) is 24.7 Å². The van der Waals surface area contributed by atoms with Gasteiger partial charge in [-0.2, -0.15) is 0 Å². The summed E-state index contributed by atoms with van der Waals surface area (Å²) >= 11 is 0. The first kappa shape index (κ1) is 12.3. The second-order valence-corrected chi connectivity index (χ2v) is 3.88. The SMILES string of the molecule is CCN(CC)c1cc(Nc2cc(C)on2)ncn1. The number of hydrogen-bond acceptors (Lipinski definition) is 6. The van der Waals surface area contributed by atoms with Crippen LogP contribution in [-0.2, 0) is 0 Å². The molecule has 0 amide bonds. The fourth-order valence-electron chi connectivity index (χ4n) is 1.69. The first-order chi connectivity index (χ1) is 8.72. The van der Waals surface area contributed by atoms with Crippen LogP contribution in [0.4, 0.5) is 17.5 Å². The molecule has 0 aliphatic carbocycles. The molecule has 0 bridgehead atoms. The summed E-state index contributed by atoms with van der Waals surface area (Å²) in [4.78, 5) is 10.6. The van der Waals surface area contributed by atoms with E-state index >= 15 is 0 Å². The third kappa shape index (κ3) is 2.77. The van der Waals surface area contributed by atoms with E-state index in [4.69, 9.17) is 4.52 Å². The van der Waals surface area contributed by atoms with Crippen LogP contribution in [0.15, 0.2) is 23.0 Å². The van der Waals surface area contributed by atoms with Gasteiger partial charge >= 0.3 is 0 Å². The van der Waals surface area contributed by atoms with Crippen molar-refractivity contribution in [2.24, 2.45) is 0 Å². The molecule has 0 aliphatic heterocycles. The molecule has 0 atom stereocenters. The highest BCUT2D eigenvalue weighted by molar-refractivity contribution is 5.56. The maximum atomic E-state index is 4.99. The molecule has 0 saturated carbocycles. The average molecular weight is 247 g/mol. The molecule has 6 nitrogen and oxygen atoms in total. The van der Waals surface area contributed by atoms with Crippen LogP contribution in [0.2, 0.25) is 0 Å². The van der Waals surface area contributed by atoms with E-state index in [-0.39, 0.29) is 0 Å². The summed E-state index contributed by atoms with van der Waals surface area (Å²) in [5.41, 5.74) is 0. The zero-order valence-corrected chi connectivity index (χ0v) is 10.8. The lowest BCUT2D eigenvalue weighted by atomic mass is 10.4. The minimum Gasteiger partial charge on any atom is -0.360 e. The lowest BCUT2D eigenvalue weighted by Crippen LogP contribution is -2.23. The molecule has 0 fully saturated rings. The predicted octanol–water partition coefficient (Wildman–Crippen LogP) is 2.36. The fraction of sp³-hybridized carbons (Fsp3) is 0.417. The smallest absolute Gasteiger partial charge is 0.175 e. The molecule has 2 rings (SSSR count). The van der Waals surface area contributed by atoms with Gasteiger partial charge in [-0.25, -0.2) is 9.97 Å². The van der Waals surface area contributed by atoms with Crippen molar-refractivity contribution in [3.8, 4) is 0 Å². The number of nitrogens with zero attached hydrogens (tertiary/aromatic N) is 4. The summed E-state index contributed by atoms with van der Waals surface area (Å²) in [5, 5.41) is 6.95. The molecule has 1 N–H and O–H groups in total. The highest BCUT2D eigenvalue weighted by Gasteiger charge is 2.06. The summed E-state index contributed by atoms with van der Waals surface area (Å²) in [6, 6.07) is 3.72. The minimum absolute atomic E-state index is 0.650. The van der Waals surface area contributed by atoms with Crippen LogP contribution in [0.1, 0.15) is 19.6 Å². The first-order valence-corrected chi connectivity index (χ1v) is 6.00. The number of hydrogen-bond donors (Lipinski definition) is 1. The predicted molar refractivity (Wildman–Crippen MR) is 70.1 cm³/mol. The maximum Gasteiger partial charge on any atom is 0.175 e. The molecule has 0 saturated heterocycles. The van der Waals surface area contributed by atoms with Gasteiger partial charge in [0.1, 0.15) is 23.7 Å². The van der Waals surface area contributed by atoms with Crippen molar-refractivity contribution in [1.29, 1.82) is 0 Å². The van der Waals surface area contributed by atoms with Crippen LogP contribution >= 0.6 is 0 Å². The summed E-state index contributed by atoms with van der Waals surface area (Å²) < 4.78 is 4.99. The monoisotopic (exact) mass is 247 g/mol. The zero-order valence-electron chi connectivity index (χ0n) is 10.8. The van der Waals surface area contributed by atoms with Gasteiger partial charge in [0.05, 0.1) is 0 Å². The van der Waals surface area contributed by atoms with Crippen LogP contribution in [0.3, 0.4) is 0 Å². The largest absolute Gasteiger partial charge is 0.360 e. The van der Waals surface area contributed by atoms with Crippen molar-refractivity contribution < 1.29 is 4.52 Å². The van der Waals surface area contributed by atoms with Gasteiger partial charge in [0, 0.05) is 25.2 Å². The fourth-order valence-corrected chi connectivity index (χ4v) is 1.69. The summed E-state index contributed by atoms with van der Waals surface area (Å²) in [7, 11) is 0. The van der Waals surface area contributed by atoms with Crippen LogP contribution in [0, 0.1) is 6.92 Å². The number of nitrogens with one attached hydrogen (secondary N) is 1. The molecule has 0 radical (unpaired) electrons. The Balaban J connectivity index is 2.16. The second-order valence-electron chi connectivity index (χ2n) is 3.88. The van der Waals surface area contributed by atoms with Crippen molar-refractivity contribution in [3.05, 3.63) is 24.2 Å². The van der Waals surface area contributed by atoms with Gasteiger partial charge in [0.2, 0.25) is 0 Å². The molecule has 0 aromatic carbocycles. The van der Waals surface area contributed by atoms with Crippen molar-refractivity contribution >= 4 is 17.5 Å². The second kappa shape index (κ2) is 5.48.